The quantitative estimate of drug-likeness (QED) is 0.185. The van der Waals surface area contributed by atoms with Gasteiger partial charge < -0.3 is 0 Å². The topological polar surface area (TPSA) is 0 Å². The summed E-state index contributed by atoms with van der Waals surface area (Å²) in [5.41, 5.74) is 0. The molecule has 0 aromatic heterocycles. The predicted octanol–water partition coefficient (Wildman–Crippen LogP) is 7.24. The fraction of sp³-hybridized carbons (Fsp3) is 1.00. The van der Waals surface area contributed by atoms with Crippen LogP contribution in [-0.4, -0.2) is 44.4 Å². The molecule has 0 aliphatic heterocycles. The predicted molar refractivity (Wildman–Crippen MR) is 106 cm³/mol. The Bertz CT molecular complexity index is 159. The van der Waals surface area contributed by atoms with E-state index in [1.807, 2.05) is 0 Å². The number of rotatable bonds is 18. The maximum atomic E-state index is 11.9. The molecule has 2 radical (unpaired) electrons. The maximum Gasteiger partial charge on any atom is 0.0894 e. The van der Waals surface area contributed by atoms with E-state index in [0.717, 1.165) is 12.8 Å². The third-order valence-corrected chi connectivity index (χ3v) is 4.49. The average molecular weight is 314 g/mol. The molecule has 0 nitrogen and oxygen atoms in total. The van der Waals surface area contributed by atoms with Crippen LogP contribution in [0, 0.1) is 0 Å². The van der Waals surface area contributed by atoms with Gasteiger partial charge in [-0.1, -0.05) is 116 Å². The summed E-state index contributed by atoms with van der Waals surface area (Å²) in [5, 5.41) is 0. The first-order chi connectivity index (χ1) is 10.4. The van der Waals surface area contributed by atoms with Crippen molar-refractivity contribution in [3.63, 3.8) is 0 Å². The van der Waals surface area contributed by atoms with E-state index >= 15 is 0 Å². The van der Waals surface area contributed by atoms with Crippen LogP contribution in [-0.2, 0) is 0 Å². The summed E-state index contributed by atoms with van der Waals surface area (Å²) in [6, 6.07) is 0. The van der Waals surface area contributed by atoms with Gasteiger partial charge in [-0.25, -0.2) is 0 Å². The van der Waals surface area contributed by atoms with Crippen LogP contribution in [0.5, 0.6) is 0 Å². The van der Waals surface area contributed by atoms with E-state index in [1.165, 1.54) is 103 Å². The molecule has 0 fully saturated rings. The molecule has 0 aromatic rings. The Labute approximate surface area is 170 Å². The summed E-state index contributed by atoms with van der Waals surface area (Å²) in [4.78, 5) is 0. The van der Waals surface area contributed by atoms with Crippen LogP contribution in [0.25, 0.3) is 0 Å². The zero-order valence-corrected chi connectivity index (χ0v) is 16.8. The molecule has 3 heteroatoms. The molecule has 0 unspecified atom stereocenters. The van der Waals surface area contributed by atoms with Crippen LogP contribution in [0.3, 0.4) is 0 Å². The van der Waals surface area contributed by atoms with Gasteiger partial charge in [0.25, 0.3) is 0 Å². The van der Waals surface area contributed by atoms with E-state index in [2.05, 4.69) is 6.92 Å². The summed E-state index contributed by atoms with van der Waals surface area (Å²) in [7, 11) is 0. The fourth-order valence-corrected chi connectivity index (χ4v) is 3.00. The number of hydrogen-bond acceptors (Lipinski definition) is 0. The Kier molecular flexibility index (Phi) is 35.1. The number of unbranched alkanes of at least 4 members (excludes halogenated alkanes) is 17. The molecule has 0 aromatic carbocycles. The molecular formula is C20H41FLi2. The Balaban J connectivity index is -0.00000200. The first-order valence-corrected chi connectivity index (χ1v) is 9.97. The van der Waals surface area contributed by atoms with Crippen LogP contribution in [0.15, 0.2) is 0 Å². The molecular weight excluding hydrogens is 273 g/mol. The Morgan fingerprint density at radius 1 is 0.391 bits per heavy atom. The second kappa shape index (κ2) is 27.9. The number of halogens is 1. The minimum absolute atomic E-state index is 0. The molecule has 0 aliphatic carbocycles. The molecule has 0 aliphatic rings. The van der Waals surface area contributed by atoms with Gasteiger partial charge in [-0.3, -0.25) is 4.39 Å². The van der Waals surface area contributed by atoms with Crippen LogP contribution in [0.2, 0.25) is 0 Å². The van der Waals surface area contributed by atoms with E-state index < -0.39 is 0 Å². The van der Waals surface area contributed by atoms with Gasteiger partial charge in [-0.2, -0.15) is 0 Å². The molecule has 0 saturated heterocycles. The second-order valence-electron chi connectivity index (χ2n) is 6.70. The van der Waals surface area contributed by atoms with Gasteiger partial charge in [0.1, 0.15) is 0 Å². The maximum absolute atomic E-state index is 11.9. The van der Waals surface area contributed by atoms with Gasteiger partial charge in [0, 0.05) is 37.7 Å². The minimum Gasteiger partial charge on any atom is -0.251 e. The van der Waals surface area contributed by atoms with Crippen molar-refractivity contribution in [1.82, 2.24) is 0 Å². The van der Waals surface area contributed by atoms with Crippen molar-refractivity contribution in [3.05, 3.63) is 0 Å². The third-order valence-electron chi connectivity index (χ3n) is 4.49. The van der Waals surface area contributed by atoms with Crippen LogP contribution in [0.1, 0.15) is 122 Å². The number of hydrogen-bond donors (Lipinski definition) is 0. The summed E-state index contributed by atoms with van der Waals surface area (Å²) in [6.45, 7) is 2.16. The minimum atomic E-state index is -0.126. The van der Waals surface area contributed by atoms with Gasteiger partial charge in [0.15, 0.2) is 0 Å². The zero-order valence-electron chi connectivity index (χ0n) is 16.8. The smallest absolute Gasteiger partial charge is 0.0894 e. The van der Waals surface area contributed by atoms with E-state index in [4.69, 9.17) is 0 Å². The van der Waals surface area contributed by atoms with Gasteiger partial charge in [0.05, 0.1) is 6.67 Å². The van der Waals surface area contributed by atoms with Gasteiger partial charge in [-0.05, 0) is 6.42 Å². The normalized spacial score (nSPS) is 10.2. The molecule has 0 heterocycles. The molecule has 0 saturated carbocycles. The molecule has 0 atom stereocenters. The summed E-state index contributed by atoms with van der Waals surface area (Å²) in [6.07, 6.45) is 24.5. The monoisotopic (exact) mass is 314 g/mol. The standard InChI is InChI=1S/C20H41F.2Li/c1-2-3-4-5-6-7-8-9-10-11-12-13-14-15-16-17-18-19-20-21;;/h2-20H2,1H3;;. The molecule has 23 heavy (non-hydrogen) atoms. The van der Waals surface area contributed by atoms with Crippen molar-refractivity contribution >= 4 is 37.7 Å². The van der Waals surface area contributed by atoms with E-state index in [9.17, 15) is 4.39 Å². The molecule has 0 bridgehead atoms. The van der Waals surface area contributed by atoms with Crippen LogP contribution >= 0.6 is 0 Å². The molecule has 0 rings (SSSR count). The molecule has 0 spiro atoms. The van der Waals surface area contributed by atoms with Gasteiger partial charge in [0.2, 0.25) is 0 Å². The molecule has 0 amide bonds. The summed E-state index contributed by atoms with van der Waals surface area (Å²) < 4.78 is 11.9. The Morgan fingerprint density at radius 2 is 0.609 bits per heavy atom. The summed E-state index contributed by atoms with van der Waals surface area (Å²) >= 11 is 0. The summed E-state index contributed by atoms with van der Waals surface area (Å²) in [5.74, 6) is 0. The zero-order chi connectivity index (χ0) is 15.4. The largest absolute Gasteiger partial charge is 0.251 e. The van der Waals surface area contributed by atoms with Gasteiger partial charge in [-0.15, -0.1) is 0 Å². The number of alkyl halides is 1. The third kappa shape index (κ3) is 28.2. The molecule has 0 N–H and O–H groups in total. The van der Waals surface area contributed by atoms with E-state index in [-0.39, 0.29) is 44.4 Å². The molecule has 130 valence electrons. The van der Waals surface area contributed by atoms with Crippen molar-refractivity contribution < 1.29 is 4.39 Å². The van der Waals surface area contributed by atoms with E-state index in [1.54, 1.807) is 0 Å². The van der Waals surface area contributed by atoms with Gasteiger partial charge >= 0.3 is 0 Å². The fourth-order valence-electron chi connectivity index (χ4n) is 3.00. The van der Waals surface area contributed by atoms with Crippen molar-refractivity contribution in [2.45, 2.75) is 122 Å². The van der Waals surface area contributed by atoms with E-state index in [0.29, 0.717) is 0 Å². The van der Waals surface area contributed by atoms with Crippen molar-refractivity contribution in [2.75, 3.05) is 6.67 Å². The average Bonchev–Trinajstić information content (AvgIpc) is 2.50. The second-order valence-corrected chi connectivity index (χ2v) is 6.70. The van der Waals surface area contributed by atoms with Crippen LogP contribution in [0.4, 0.5) is 4.39 Å². The Hall–Kier alpha value is 1.12. The first-order valence-electron chi connectivity index (χ1n) is 9.97. The SMILES string of the molecule is CCCCCCCCCCCCCCCCCCCCF.[Li].[Li]. The van der Waals surface area contributed by atoms with Crippen molar-refractivity contribution in [2.24, 2.45) is 0 Å². The Morgan fingerprint density at radius 3 is 0.826 bits per heavy atom. The van der Waals surface area contributed by atoms with Crippen LogP contribution < -0.4 is 0 Å². The van der Waals surface area contributed by atoms with Crippen molar-refractivity contribution in [3.8, 4) is 0 Å². The first kappa shape index (κ1) is 28.9. The van der Waals surface area contributed by atoms with Crippen molar-refractivity contribution in [1.29, 1.82) is 0 Å².